The SMILES string of the molecule is NC(=O)C(=O)C(Cc1ccccc1)NC(=O)c1scnc1-c1ccccn1. The lowest BCUT2D eigenvalue weighted by Gasteiger charge is -2.16. The Bertz CT molecular complexity index is 957. The van der Waals surface area contributed by atoms with Crippen molar-refractivity contribution in [1.29, 1.82) is 0 Å². The average Bonchev–Trinajstić information content (AvgIpc) is 3.18. The van der Waals surface area contributed by atoms with Crippen LogP contribution in [0, 0.1) is 0 Å². The summed E-state index contributed by atoms with van der Waals surface area (Å²) in [6, 6.07) is 13.3. The molecule has 1 unspecified atom stereocenters. The zero-order valence-corrected chi connectivity index (χ0v) is 15.0. The summed E-state index contributed by atoms with van der Waals surface area (Å²) in [6.45, 7) is 0. The van der Waals surface area contributed by atoms with Crippen molar-refractivity contribution in [2.24, 2.45) is 5.73 Å². The molecule has 3 N–H and O–H groups in total. The molecule has 0 bridgehead atoms. The number of rotatable bonds is 7. The molecule has 1 aromatic carbocycles. The van der Waals surface area contributed by atoms with E-state index in [9.17, 15) is 14.4 Å². The molecule has 2 amide bonds. The van der Waals surface area contributed by atoms with E-state index in [1.165, 1.54) is 5.51 Å². The van der Waals surface area contributed by atoms with E-state index < -0.39 is 23.6 Å². The maximum atomic E-state index is 12.8. The molecule has 0 fully saturated rings. The number of carbonyl (C=O) groups excluding carboxylic acids is 3. The number of hydrogen-bond donors (Lipinski definition) is 2. The molecule has 7 nitrogen and oxygen atoms in total. The predicted molar refractivity (Wildman–Crippen MR) is 101 cm³/mol. The number of primary amides is 1. The van der Waals surface area contributed by atoms with Crippen LogP contribution in [0.5, 0.6) is 0 Å². The van der Waals surface area contributed by atoms with Crippen LogP contribution in [0.15, 0.2) is 60.2 Å². The van der Waals surface area contributed by atoms with Crippen molar-refractivity contribution in [3.8, 4) is 11.4 Å². The number of Topliss-reactive ketones (excluding diaryl/α,β-unsaturated/α-hetero) is 1. The monoisotopic (exact) mass is 380 g/mol. The molecule has 27 heavy (non-hydrogen) atoms. The minimum atomic E-state index is -1.09. The number of aromatic nitrogens is 2. The van der Waals surface area contributed by atoms with E-state index in [1.54, 1.807) is 36.5 Å². The maximum Gasteiger partial charge on any atom is 0.287 e. The Morgan fingerprint density at radius 2 is 1.78 bits per heavy atom. The van der Waals surface area contributed by atoms with Crippen molar-refractivity contribution in [1.82, 2.24) is 15.3 Å². The Morgan fingerprint density at radius 1 is 1.04 bits per heavy atom. The second-order valence-corrected chi connectivity index (χ2v) is 6.54. The highest BCUT2D eigenvalue weighted by atomic mass is 32.1. The molecule has 0 saturated heterocycles. The van der Waals surface area contributed by atoms with Gasteiger partial charge in [0.15, 0.2) is 0 Å². The lowest BCUT2D eigenvalue weighted by Crippen LogP contribution is -2.47. The normalized spacial score (nSPS) is 11.6. The quantitative estimate of drug-likeness (QED) is 0.604. The smallest absolute Gasteiger partial charge is 0.287 e. The minimum absolute atomic E-state index is 0.159. The van der Waals surface area contributed by atoms with Gasteiger partial charge in [-0.25, -0.2) is 4.98 Å². The first-order valence-electron chi connectivity index (χ1n) is 8.09. The third kappa shape index (κ3) is 4.42. The van der Waals surface area contributed by atoms with Crippen LogP contribution < -0.4 is 11.1 Å². The van der Waals surface area contributed by atoms with Gasteiger partial charge in [-0.05, 0) is 17.7 Å². The number of pyridine rings is 1. The van der Waals surface area contributed by atoms with Gasteiger partial charge >= 0.3 is 0 Å². The molecule has 136 valence electrons. The highest BCUT2D eigenvalue weighted by Crippen LogP contribution is 2.23. The molecule has 0 aliphatic heterocycles. The molecular weight excluding hydrogens is 364 g/mol. The Kier molecular flexibility index (Phi) is 5.68. The van der Waals surface area contributed by atoms with Gasteiger partial charge in [0.05, 0.1) is 11.2 Å². The summed E-state index contributed by atoms with van der Waals surface area (Å²) in [5, 5.41) is 2.61. The summed E-state index contributed by atoms with van der Waals surface area (Å²) >= 11 is 1.13. The highest BCUT2D eigenvalue weighted by Gasteiger charge is 2.27. The average molecular weight is 380 g/mol. The van der Waals surface area contributed by atoms with Gasteiger partial charge in [0.1, 0.15) is 16.6 Å². The number of nitrogens with zero attached hydrogens (tertiary/aromatic N) is 2. The summed E-state index contributed by atoms with van der Waals surface area (Å²) < 4.78 is 0. The molecule has 0 aliphatic rings. The molecule has 1 atom stereocenters. The van der Waals surface area contributed by atoms with E-state index >= 15 is 0 Å². The zero-order chi connectivity index (χ0) is 19.2. The topological polar surface area (TPSA) is 115 Å². The third-order valence-corrected chi connectivity index (χ3v) is 4.65. The van der Waals surface area contributed by atoms with Gasteiger partial charge < -0.3 is 11.1 Å². The predicted octanol–water partition coefficient (Wildman–Crippen LogP) is 1.60. The first kappa shape index (κ1) is 18.4. The molecule has 0 radical (unpaired) electrons. The lowest BCUT2D eigenvalue weighted by atomic mass is 10.0. The lowest BCUT2D eigenvalue weighted by molar-refractivity contribution is -0.137. The van der Waals surface area contributed by atoms with Crippen LogP contribution in [-0.2, 0) is 16.0 Å². The van der Waals surface area contributed by atoms with Gasteiger partial charge in [-0.3, -0.25) is 19.4 Å². The second kappa shape index (κ2) is 8.33. The summed E-state index contributed by atoms with van der Waals surface area (Å²) in [5.41, 5.74) is 8.44. The van der Waals surface area contributed by atoms with Gasteiger partial charge in [-0.15, -0.1) is 11.3 Å². The number of carbonyl (C=O) groups is 3. The first-order chi connectivity index (χ1) is 13.1. The summed E-state index contributed by atoms with van der Waals surface area (Å²) in [4.78, 5) is 45.0. The van der Waals surface area contributed by atoms with Crippen molar-refractivity contribution < 1.29 is 14.4 Å². The van der Waals surface area contributed by atoms with Crippen LogP contribution in [-0.4, -0.2) is 33.6 Å². The number of nitrogens with two attached hydrogens (primary N) is 1. The Hall–Kier alpha value is -3.39. The van der Waals surface area contributed by atoms with Crippen LogP contribution in [0.4, 0.5) is 0 Å². The number of nitrogens with one attached hydrogen (secondary N) is 1. The zero-order valence-electron chi connectivity index (χ0n) is 14.2. The van der Waals surface area contributed by atoms with E-state index in [1.807, 2.05) is 18.2 Å². The van der Waals surface area contributed by atoms with Crippen molar-refractivity contribution in [2.45, 2.75) is 12.5 Å². The van der Waals surface area contributed by atoms with E-state index in [0.717, 1.165) is 16.9 Å². The fraction of sp³-hybridized carbons (Fsp3) is 0.105. The van der Waals surface area contributed by atoms with Gasteiger partial charge in [-0.1, -0.05) is 36.4 Å². The Balaban J connectivity index is 1.84. The highest BCUT2D eigenvalue weighted by molar-refractivity contribution is 7.12. The van der Waals surface area contributed by atoms with Crippen LogP contribution in [0.2, 0.25) is 0 Å². The van der Waals surface area contributed by atoms with E-state index in [-0.39, 0.29) is 6.42 Å². The van der Waals surface area contributed by atoms with E-state index in [0.29, 0.717) is 16.3 Å². The number of ketones is 1. The van der Waals surface area contributed by atoms with Crippen LogP contribution in [0.25, 0.3) is 11.4 Å². The standard InChI is InChI=1S/C19H16N4O3S/c20-18(25)16(24)14(10-12-6-2-1-3-7-12)23-19(26)17-15(22-11-27-17)13-8-4-5-9-21-13/h1-9,11,14H,10H2,(H2,20,25)(H,23,26). The number of amides is 2. The molecule has 2 heterocycles. The van der Waals surface area contributed by atoms with Gasteiger partial charge in [0.2, 0.25) is 5.78 Å². The minimum Gasteiger partial charge on any atom is -0.363 e. The molecule has 2 aromatic heterocycles. The maximum absolute atomic E-state index is 12.8. The van der Waals surface area contributed by atoms with Gasteiger partial charge in [0, 0.05) is 12.6 Å². The summed E-state index contributed by atoms with van der Waals surface area (Å²) in [6.07, 6.45) is 1.76. The van der Waals surface area contributed by atoms with Crippen molar-refractivity contribution in [3.05, 3.63) is 70.7 Å². The van der Waals surface area contributed by atoms with Crippen molar-refractivity contribution in [3.63, 3.8) is 0 Å². The summed E-state index contributed by atoms with van der Waals surface area (Å²) in [5.74, 6) is -2.45. The van der Waals surface area contributed by atoms with Crippen LogP contribution in [0.3, 0.4) is 0 Å². The Labute approximate surface area is 159 Å². The van der Waals surface area contributed by atoms with E-state index in [4.69, 9.17) is 5.73 Å². The van der Waals surface area contributed by atoms with Gasteiger partial charge in [-0.2, -0.15) is 0 Å². The third-order valence-electron chi connectivity index (χ3n) is 3.83. The first-order valence-corrected chi connectivity index (χ1v) is 8.97. The van der Waals surface area contributed by atoms with Crippen LogP contribution in [0.1, 0.15) is 15.2 Å². The fourth-order valence-electron chi connectivity index (χ4n) is 2.55. The number of benzene rings is 1. The molecule has 0 aliphatic carbocycles. The number of thiazole rings is 1. The van der Waals surface area contributed by atoms with E-state index in [2.05, 4.69) is 15.3 Å². The fourth-order valence-corrected chi connectivity index (χ4v) is 3.25. The largest absolute Gasteiger partial charge is 0.363 e. The molecule has 0 spiro atoms. The van der Waals surface area contributed by atoms with Crippen molar-refractivity contribution in [2.75, 3.05) is 0 Å². The molecule has 0 saturated carbocycles. The molecular formula is C19H16N4O3S. The Morgan fingerprint density at radius 3 is 2.44 bits per heavy atom. The molecule has 3 rings (SSSR count). The number of hydrogen-bond acceptors (Lipinski definition) is 6. The summed E-state index contributed by atoms with van der Waals surface area (Å²) in [7, 11) is 0. The molecule has 3 aromatic rings. The van der Waals surface area contributed by atoms with Crippen molar-refractivity contribution >= 4 is 28.9 Å². The second-order valence-electron chi connectivity index (χ2n) is 5.69. The molecule has 8 heteroatoms. The van der Waals surface area contributed by atoms with Crippen LogP contribution >= 0.6 is 11.3 Å². The van der Waals surface area contributed by atoms with Gasteiger partial charge in [0.25, 0.3) is 11.8 Å².